The van der Waals surface area contributed by atoms with Gasteiger partial charge < -0.3 is 5.11 Å². The number of nitrogens with zero attached hydrogens (tertiary/aromatic N) is 1. The van der Waals surface area contributed by atoms with Gasteiger partial charge in [0, 0.05) is 6.07 Å². The highest BCUT2D eigenvalue weighted by atomic mass is 35.5. The predicted octanol–water partition coefficient (Wildman–Crippen LogP) is 2.01. The number of carbonyl (C=O) groups excluding carboxylic acids is 1. The molecule has 6 nitrogen and oxygen atoms in total. The van der Waals surface area contributed by atoms with Crippen LogP contribution in [0.25, 0.3) is 0 Å². The average Bonchev–Trinajstić information content (AvgIpc) is 2.26. The summed E-state index contributed by atoms with van der Waals surface area (Å²) in [4.78, 5) is 31.5. The van der Waals surface area contributed by atoms with Gasteiger partial charge in [-0.25, -0.2) is 4.79 Å². The number of nitro benzene ring substituents is 1. The minimum Gasteiger partial charge on any atom is -0.475 e. The second kappa shape index (κ2) is 4.92. The molecular formula is C10H8ClNO5. The zero-order chi connectivity index (χ0) is 13.2. The molecular weight excluding hydrogens is 250 g/mol. The number of carbonyl (C=O) groups is 2. The maximum absolute atomic E-state index is 11.2. The van der Waals surface area contributed by atoms with Crippen molar-refractivity contribution >= 4 is 29.0 Å². The van der Waals surface area contributed by atoms with Gasteiger partial charge in [0.1, 0.15) is 5.02 Å². The maximum Gasteiger partial charge on any atom is 0.372 e. The van der Waals surface area contributed by atoms with E-state index in [0.29, 0.717) is 5.56 Å². The number of carboxylic acids is 1. The van der Waals surface area contributed by atoms with Gasteiger partial charge in [0.15, 0.2) is 0 Å². The molecule has 0 aliphatic carbocycles. The van der Waals surface area contributed by atoms with Gasteiger partial charge in [-0.15, -0.1) is 0 Å². The highest BCUT2D eigenvalue weighted by Gasteiger charge is 2.23. The quantitative estimate of drug-likeness (QED) is 0.505. The average molecular weight is 258 g/mol. The van der Waals surface area contributed by atoms with Crippen molar-refractivity contribution in [3.63, 3.8) is 0 Å². The normalized spacial score (nSPS) is 11.9. The van der Waals surface area contributed by atoms with Crippen LogP contribution in [0.15, 0.2) is 18.2 Å². The van der Waals surface area contributed by atoms with E-state index in [9.17, 15) is 19.7 Å². The molecule has 0 aromatic heterocycles. The minimum atomic E-state index is -1.55. The first-order chi connectivity index (χ1) is 7.84. The Balaban J connectivity index is 3.10. The fourth-order valence-corrected chi connectivity index (χ4v) is 1.54. The molecule has 0 bridgehead atoms. The SMILES string of the molecule is CC(C(=O)C(=O)O)c1ccc([N+](=O)[O-])c(Cl)c1. The number of hydrogen-bond donors (Lipinski definition) is 1. The van der Waals surface area contributed by atoms with Crippen molar-refractivity contribution in [2.45, 2.75) is 12.8 Å². The molecule has 1 atom stereocenters. The van der Waals surface area contributed by atoms with Crippen LogP contribution in [0.2, 0.25) is 5.02 Å². The molecule has 0 saturated heterocycles. The van der Waals surface area contributed by atoms with E-state index in [4.69, 9.17) is 16.7 Å². The number of Topliss-reactive ketones (excluding diaryl/α,β-unsaturated/α-hetero) is 1. The summed E-state index contributed by atoms with van der Waals surface area (Å²) in [6.07, 6.45) is 0. The van der Waals surface area contributed by atoms with Gasteiger partial charge in [0.2, 0.25) is 5.78 Å². The number of carboxylic acid groups (broad SMARTS) is 1. The van der Waals surface area contributed by atoms with Crippen LogP contribution in [-0.2, 0) is 9.59 Å². The lowest BCUT2D eigenvalue weighted by molar-refractivity contribution is -0.384. The van der Waals surface area contributed by atoms with Crippen molar-refractivity contribution < 1.29 is 19.6 Å². The van der Waals surface area contributed by atoms with Crippen LogP contribution >= 0.6 is 11.6 Å². The van der Waals surface area contributed by atoms with Crippen molar-refractivity contribution in [2.24, 2.45) is 0 Å². The van der Waals surface area contributed by atoms with Crippen molar-refractivity contribution in [3.05, 3.63) is 38.9 Å². The summed E-state index contributed by atoms with van der Waals surface area (Å²) in [5, 5.41) is 18.9. The Kier molecular flexibility index (Phi) is 3.80. The number of hydrogen-bond acceptors (Lipinski definition) is 4. The summed E-state index contributed by atoms with van der Waals surface area (Å²) < 4.78 is 0. The van der Waals surface area contributed by atoms with Crippen molar-refractivity contribution in [1.29, 1.82) is 0 Å². The van der Waals surface area contributed by atoms with Gasteiger partial charge in [-0.1, -0.05) is 24.6 Å². The smallest absolute Gasteiger partial charge is 0.372 e. The lowest BCUT2D eigenvalue weighted by atomic mass is 9.96. The van der Waals surface area contributed by atoms with E-state index in [1.807, 2.05) is 0 Å². The third-order valence-corrected chi connectivity index (χ3v) is 2.58. The molecule has 0 heterocycles. The largest absolute Gasteiger partial charge is 0.475 e. The molecule has 0 aliphatic heterocycles. The monoisotopic (exact) mass is 257 g/mol. The molecule has 17 heavy (non-hydrogen) atoms. The Labute approximate surface area is 101 Å². The molecule has 0 saturated carbocycles. The number of aliphatic carboxylic acids is 1. The summed E-state index contributed by atoms with van der Waals surface area (Å²) in [5.41, 5.74) is 0.0402. The topological polar surface area (TPSA) is 97.5 Å². The Bertz CT molecular complexity index is 499. The molecule has 1 N–H and O–H groups in total. The zero-order valence-electron chi connectivity index (χ0n) is 8.71. The van der Waals surface area contributed by atoms with Crippen LogP contribution < -0.4 is 0 Å². The molecule has 1 rings (SSSR count). The third kappa shape index (κ3) is 2.79. The first-order valence-corrected chi connectivity index (χ1v) is 4.93. The summed E-state index contributed by atoms with van der Waals surface area (Å²) in [7, 11) is 0. The van der Waals surface area contributed by atoms with E-state index in [1.165, 1.54) is 19.1 Å². The van der Waals surface area contributed by atoms with E-state index in [-0.39, 0.29) is 10.7 Å². The Morgan fingerprint density at radius 2 is 2.06 bits per heavy atom. The van der Waals surface area contributed by atoms with Gasteiger partial charge >= 0.3 is 5.97 Å². The van der Waals surface area contributed by atoms with Gasteiger partial charge in [-0.2, -0.15) is 0 Å². The molecule has 0 spiro atoms. The van der Waals surface area contributed by atoms with Crippen LogP contribution in [0, 0.1) is 10.1 Å². The van der Waals surface area contributed by atoms with E-state index >= 15 is 0 Å². The third-order valence-electron chi connectivity index (χ3n) is 2.27. The van der Waals surface area contributed by atoms with Gasteiger partial charge in [-0.3, -0.25) is 14.9 Å². The zero-order valence-corrected chi connectivity index (χ0v) is 9.47. The van der Waals surface area contributed by atoms with Crippen LogP contribution in [-0.4, -0.2) is 21.8 Å². The molecule has 1 unspecified atom stereocenters. The summed E-state index contributed by atoms with van der Waals surface area (Å²) in [6, 6.07) is 3.68. The van der Waals surface area contributed by atoms with Crippen molar-refractivity contribution in [3.8, 4) is 0 Å². The molecule has 90 valence electrons. The number of ketones is 1. The lowest BCUT2D eigenvalue weighted by Gasteiger charge is -2.08. The van der Waals surface area contributed by atoms with Crippen LogP contribution in [0.5, 0.6) is 0 Å². The summed E-state index contributed by atoms with van der Waals surface area (Å²) >= 11 is 5.65. The molecule has 0 fully saturated rings. The highest BCUT2D eigenvalue weighted by Crippen LogP contribution is 2.28. The second-order valence-electron chi connectivity index (χ2n) is 3.36. The van der Waals surface area contributed by atoms with E-state index in [0.717, 1.165) is 6.07 Å². The summed E-state index contributed by atoms with van der Waals surface area (Å²) in [5.74, 6) is -3.44. The lowest BCUT2D eigenvalue weighted by Crippen LogP contribution is -2.19. The van der Waals surface area contributed by atoms with Gasteiger partial charge in [0.05, 0.1) is 10.8 Å². The first-order valence-electron chi connectivity index (χ1n) is 4.55. The Morgan fingerprint density at radius 3 is 2.47 bits per heavy atom. The fourth-order valence-electron chi connectivity index (χ4n) is 1.28. The van der Waals surface area contributed by atoms with Gasteiger partial charge in [-0.05, 0) is 11.6 Å². The minimum absolute atomic E-state index is 0.127. The number of nitro groups is 1. The van der Waals surface area contributed by atoms with Crippen LogP contribution in [0.4, 0.5) is 5.69 Å². The first kappa shape index (κ1) is 13.1. The Hall–Kier alpha value is -1.95. The molecule has 0 aliphatic rings. The molecule has 7 heteroatoms. The molecule has 0 amide bonds. The van der Waals surface area contributed by atoms with Crippen molar-refractivity contribution in [2.75, 3.05) is 0 Å². The van der Waals surface area contributed by atoms with Crippen molar-refractivity contribution in [1.82, 2.24) is 0 Å². The standard InChI is InChI=1S/C10H8ClNO5/c1-5(9(13)10(14)15)6-2-3-8(12(16)17)7(11)4-6/h2-5H,1H3,(H,14,15). The van der Waals surface area contributed by atoms with E-state index in [1.54, 1.807) is 0 Å². The van der Waals surface area contributed by atoms with Gasteiger partial charge in [0.25, 0.3) is 5.69 Å². The molecule has 1 aromatic carbocycles. The second-order valence-corrected chi connectivity index (χ2v) is 3.77. The van der Waals surface area contributed by atoms with Crippen LogP contribution in [0.1, 0.15) is 18.4 Å². The number of benzene rings is 1. The highest BCUT2D eigenvalue weighted by molar-refractivity contribution is 6.35. The summed E-state index contributed by atoms with van der Waals surface area (Å²) in [6.45, 7) is 1.40. The van der Waals surface area contributed by atoms with Crippen LogP contribution in [0.3, 0.4) is 0 Å². The predicted molar refractivity (Wildman–Crippen MR) is 59.2 cm³/mol. The molecule has 1 aromatic rings. The fraction of sp³-hybridized carbons (Fsp3) is 0.200. The Morgan fingerprint density at radius 1 is 1.47 bits per heavy atom. The van der Waals surface area contributed by atoms with E-state index in [2.05, 4.69) is 0 Å². The number of rotatable bonds is 4. The van der Waals surface area contributed by atoms with E-state index < -0.39 is 22.6 Å². The number of halogens is 1. The maximum atomic E-state index is 11.2. The molecule has 0 radical (unpaired) electrons.